The summed E-state index contributed by atoms with van der Waals surface area (Å²) in [4.78, 5) is 0. The molecule has 21 heavy (non-hydrogen) atoms. The lowest BCUT2D eigenvalue weighted by Crippen LogP contribution is -2.06. The Balaban J connectivity index is 2.40. The molecule has 108 valence electrons. The Bertz CT molecular complexity index is 721. The molecule has 0 amide bonds. The van der Waals surface area contributed by atoms with Crippen molar-refractivity contribution in [1.82, 2.24) is 0 Å². The lowest BCUT2D eigenvalue weighted by Gasteiger charge is -2.13. The number of nitrogens with zero attached hydrogens (tertiary/aromatic N) is 1. The number of nitrogens with one attached hydrogen (secondary N) is 1. The summed E-state index contributed by atoms with van der Waals surface area (Å²) < 4.78 is 39.2. The third kappa shape index (κ3) is 3.77. The maximum Gasteiger partial charge on any atom is 0.417 e. The molecular weight excluding hydrogens is 413 g/mol. The second kappa shape index (κ2) is 6.08. The van der Waals surface area contributed by atoms with Crippen LogP contribution >= 0.6 is 31.9 Å². The van der Waals surface area contributed by atoms with Crippen LogP contribution in [0.5, 0.6) is 0 Å². The Kier molecular flexibility index (Phi) is 4.59. The third-order valence-electron chi connectivity index (χ3n) is 2.65. The van der Waals surface area contributed by atoms with E-state index in [1.54, 1.807) is 18.2 Å². The zero-order chi connectivity index (χ0) is 15.6. The minimum absolute atomic E-state index is 0.0307. The normalized spacial score (nSPS) is 11.0. The molecule has 0 radical (unpaired) electrons. The van der Waals surface area contributed by atoms with E-state index in [1.807, 2.05) is 6.07 Å². The van der Waals surface area contributed by atoms with Crippen LogP contribution in [-0.4, -0.2) is 0 Å². The molecule has 0 aliphatic heterocycles. The number of rotatable bonds is 2. The van der Waals surface area contributed by atoms with Crippen LogP contribution < -0.4 is 5.32 Å². The summed E-state index contributed by atoms with van der Waals surface area (Å²) in [6, 6.07) is 10.7. The number of anilines is 2. The van der Waals surface area contributed by atoms with Crippen LogP contribution in [0.1, 0.15) is 11.1 Å². The highest BCUT2D eigenvalue weighted by atomic mass is 79.9. The Morgan fingerprint density at radius 3 is 2.38 bits per heavy atom. The highest BCUT2D eigenvalue weighted by molar-refractivity contribution is 9.10. The smallest absolute Gasteiger partial charge is 0.354 e. The van der Waals surface area contributed by atoms with E-state index in [0.717, 1.165) is 10.5 Å². The van der Waals surface area contributed by atoms with Gasteiger partial charge in [0.1, 0.15) is 6.07 Å². The summed E-state index contributed by atoms with van der Waals surface area (Å²) in [5.41, 5.74) is 0.254. The largest absolute Gasteiger partial charge is 0.417 e. The minimum Gasteiger partial charge on any atom is -0.354 e. The summed E-state index contributed by atoms with van der Waals surface area (Å²) in [5.74, 6) is 0. The molecular formula is C14H7Br2F3N2. The van der Waals surface area contributed by atoms with Crippen molar-refractivity contribution < 1.29 is 13.2 Å². The van der Waals surface area contributed by atoms with Gasteiger partial charge in [-0.15, -0.1) is 0 Å². The molecule has 1 N–H and O–H groups in total. The zero-order valence-corrected chi connectivity index (χ0v) is 13.5. The Hall–Kier alpha value is -1.52. The molecule has 0 aromatic heterocycles. The third-order valence-corrected chi connectivity index (χ3v) is 3.84. The molecule has 0 aliphatic rings. The number of hydrogen-bond donors (Lipinski definition) is 1. The molecule has 0 fully saturated rings. The average Bonchev–Trinajstić information content (AvgIpc) is 2.41. The molecule has 7 heteroatoms. The topological polar surface area (TPSA) is 35.8 Å². The van der Waals surface area contributed by atoms with E-state index in [2.05, 4.69) is 37.2 Å². The fraction of sp³-hybridized carbons (Fsp3) is 0.0714. The van der Waals surface area contributed by atoms with Gasteiger partial charge in [0.15, 0.2) is 0 Å². The molecule has 0 saturated heterocycles. The van der Waals surface area contributed by atoms with Crippen LogP contribution in [-0.2, 0) is 6.18 Å². The molecule has 0 aliphatic carbocycles. The summed E-state index contributed by atoms with van der Waals surface area (Å²) in [7, 11) is 0. The first-order valence-electron chi connectivity index (χ1n) is 5.64. The molecule has 2 rings (SSSR count). The van der Waals surface area contributed by atoms with E-state index < -0.39 is 11.7 Å². The summed E-state index contributed by atoms with van der Waals surface area (Å²) in [5, 5.41) is 11.9. The van der Waals surface area contributed by atoms with E-state index in [-0.39, 0.29) is 10.2 Å². The molecule has 0 heterocycles. The first-order chi connectivity index (χ1) is 9.81. The predicted octanol–water partition coefficient (Wildman–Crippen LogP) is 5.85. The monoisotopic (exact) mass is 418 g/mol. The SMILES string of the molecule is N#Cc1cc(Br)ccc1Nc1ccc(Br)c(C(F)(F)F)c1. The van der Waals surface area contributed by atoms with Crippen molar-refractivity contribution in [3.8, 4) is 6.07 Å². The minimum atomic E-state index is -4.45. The fourth-order valence-electron chi connectivity index (χ4n) is 1.69. The molecule has 2 nitrogen and oxygen atoms in total. The first-order valence-corrected chi connectivity index (χ1v) is 7.23. The zero-order valence-electron chi connectivity index (χ0n) is 10.3. The quantitative estimate of drug-likeness (QED) is 0.663. The number of halogens is 5. The van der Waals surface area contributed by atoms with Crippen LogP contribution in [0.3, 0.4) is 0 Å². The first kappa shape index (κ1) is 15.9. The average molecular weight is 420 g/mol. The molecule has 0 atom stereocenters. The lowest BCUT2D eigenvalue weighted by molar-refractivity contribution is -0.138. The van der Waals surface area contributed by atoms with Crippen LogP contribution in [0.15, 0.2) is 45.3 Å². The number of hydrogen-bond acceptors (Lipinski definition) is 2. The number of nitriles is 1. The van der Waals surface area contributed by atoms with Crippen molar-refractivity contribution in [2.24, 2.45) is 0 Å². The van der Waals surface area contributed by atoms with Gasteiger partial charge in [-0.2, -0.15) is 18.4 Å². The molecule has 0 spiro atoms. The molecule has 0 unspecified atom stereocenters. The van der Waals surface area contributed by atoms with Gasteiger partial charge in [-0.05, 0) is 36.4 Å². The second-order valence-electron chi connectivity index (χ2n) is 4.12. The van der Waals surface area contributed by atoms with Gasteiger partial charge in [0.2, 0.25) is 0 Å². The van der Waals surface area contributed by atoms with Crippen molar-refractivity contribution >= 4 is 43.2 Å². The van der Waals surface area contributed by atoms with E-state index in [1.165, 1.54) is 12.1 Å². The van der Waals surface area contributed by atoms with Crippen LogP contribution in [0.4, 0.5) is 24.5 Å². The lowest BCUT2D eigenvalue weighted by atomic mass is 10.1. The highest BCUT2D eigenvalue weighted by Gasteiger charge is 2.33. The van der Waals surface area contributed by atoms with E-state index in [4.69, 9.17) is 5.26 Å². The van der Waals surface area contributed by atoms with Gasteiger partial charge in [-0.3, -0.25) is 0 Å². The van der Waals surface area contributed by atoms with Crippen molar-refractivity contribution in [3.05, 3.63) is 56.5 Å². The predicted molar refractivity (Wildman–Crippen MR) is 81.3 cm³/mol. The van der Waals surface area contributed by atoms with Gasteiger partial charge >= 0.3 is 6.18 Å². The van der Waals surface area contributed by atoms with Gasteiger partial charge in [-0.1, -0.05) is 31.9 Å². The maximum atomic E-state index is 12.8. The summed E-state index contributed by atoms with van der Waals surface area (Å²) >= 11 is 6.12. The van der Waals surface area contributed by atoms with Gasteiger partial charge in [0.05, 0.1) is 16.8 Å². The molecule has 0 bridgehead atoms. The molecule has 2 aromatic rings. The summed E-state index contributed by atoms with van der Waals surface area (Å²) in [6.07, 6.45) is -4.45. The van der Waals surface area contributed by atoms with Gasteiger partial charge in [0, 0.05) is 14.6 Å². The van der Waals surface area contributed by atoms with E-state index in [0.29, 0.717) is 11.3 Å². The Morgan fingerprint density at radius 2 is 1.76 bits per heavy atom. The van der Waals surface area contributed by atoms with E-state index >= 15 is 0 Å². The summed E-state index contributed by atoms with van der Waals surface area (Å²) in [6.45, 7) is 0. The number of benzene rings is 2. The second-order valence-corrected chi connectivity index (χ2v) is 5.89. The highest BCUT2D eigenvalue weighted by Crippen LogP contribution is 2.37. The van der Waals surface area contributed by atoms with Crippen molar-refractivity contribution in [1.29, 1.82) is 5.26 Å². The van der Waals surface area contributed by atoms with Crippen molar-refractivity contribution in [2.45, 2.75) is 6.18 Å². The molecule has 0 saturated carbocycles. The van der Waals surface area contributed by atoms with Crippen molar-refractivity contribution in [3.63, 3.8) is 0 Å². The van der Waals surface area contributed by atoms with Crippen molar-refractivity contribution in [2.75, 3.05) is 5.32 Å². The van der Waals surface area contributed by atoms with Gasteiger partial charge < -0.3 is 5.32 Å². The Labute approximate surface area is 135 Å². The van der Waals surface area contributed by atoms with Crippen LogP contribution in [0, 0.1) is 11.3 Å². The van der Waals surface area contributed by atoms with Gasteiger partial charge in [0.25, 0.3) is 0 Å². The van der Waals surface area contributed by atoms with Crippen LogP contribution in [0.25, 0.3) is 0 Å². The Morgan fingerprint density at radius 1 is 1.05 bits per heavy atom. The van der Waals surface area contributed by atoms with E-state index in [9.17, 15) is 13.2 Å². The fourth-order valence-corrected chi connectivity index (χ4v) is 2.53. The standard InChI is InChI=1S/C14H7Br2F3N2/c15-9-1-4-13(8(5-9)7-20)21-10-2-3-12(16)11(6-10)14(17,18)19/h1-6,21H. The van der Waals surface area contributed by atoms with Crippen LogP contribution in [0.2, 0.25) is 0 Å². The van der Waals surface area contributed by atoms with Gasteiger partial charge in [-0.25, -0.2) is 0 Å². The maximum absolute atomic E-state index is 12.8. The molecule has 2 aromatic carbocycles. The number of alkyl halides is 3.